The molecule has 4 aromatic heterocycles. The monoisotopic (exact) mass is 484 g/mol. The van der Waals surface area contributed by atoms with Crippen molar-refractivity contribution in [2.24, 2.45) is 0 Å². The van der Waals surface area contributed by atoms with E-state index in [-0.39, 0.29) is 11.0 Å². The zero-order chi connectivity index (χ0) is 24.5. The van der Waals surface area contributed by atoms with E-state index in [2.05, 4.69) is 30.1 Å². The topological polar surface area (TPSA) is 138 Å². The predicted molar refractivity (Wildman–Crippen MR) is 136 cm³/mol. The van der Waals surface area contributed by atoms with E-state index < -0.39 is 0 Å². The number of aryl methyl sites for hydroxylation is 2. The van der Waals surface area contributed by atoms with Gasteiger partial charge in [-0.1, -0.05) is 72.3 Å². The van der Waals surface area contributed by atoms with Crippen LogP contribution in [0.1, 0.15) is 11.6 Å². The molecule has 0 aliphatic carbocycles. The van der Waals surface area contributed by atoms with Gasteiger partial charge in [0, 0.05) is 11.1 Å². The summed E-state index contributed by atoms with van der Waals surface area (Å²) >= 11 is 6.07. The van der Waals surface area contributed by atoms with Crippen LogP contribution in [0.4, 0.5) is 11.6 Å². The first-order chi connectivity index (χ1) is 16.9. The zero-order valence-electron chi connectivity index (χ0n) is 19.0. The molecule has 0 radical (unpaired) electrons. The highest BCUT2D eigenvalue weighted by Gasteiger charge is 2.15. The largest absolute Gasteiger partial charge is 0.382 e. The maximum atomic E-state index is 6.07. The van der Waals surface area contributed by atoms with Gasteiger partial charge in [-0.15, -0.1) is 5.10 Å². The minimum Gasteiger partial charge on any atom is -0.382 e. The van der Waals surface area contributed by atoms with Crippen LogP contribution < -0.4 is 11.5 Å². The summed E-state index contributed by atoms with van der Waals surface area (Å²) in [4.78, 5) is 17.4. The molecule has 2 aromatic carbocycles. The molecule has 11 heteroatoms. The number of nitrogens with two attached hydrogens (primary N) is 2. The number of fused-ring (bicyclic) bond motifs is 2. The third-order valence-electron chi connectivity index (χ3n) is 5.09. The Bertz CT molecular complexity index is 1640. The summed E-state index contributed by atoms with van der Waals surface area (Å²) in [6, 6.07) is 19.5. The van der Waals surface area contributed by atoms with Gasteiger partial charge in [0.1, 0.15) is 28.9 Å². The van der Waals surface area contributed by atoms with E-state index in [0.29, 0.717) is 28.8 Å². The Morgan fingerprint density at radius 2 is 1.23 bits per heavy atom. The van der Waals surface area contributed by atoms with E-state index in [9.17, 15) is 0 Å². The van der Waals surface area contributed by atoms with Gasteiger partial charge in [-0.25, -0.2) is 24.5 Å². The minimum absolute atomic E-state index is 0.243. The number of rotatable bonds is 2. The molecular weight excluding hydrogens is 464 g/mol. The van der Waals surface area contributed by atoms with E-state index in [1.807, 2.05) is 67.6 Å². The SMILES string of the molecule is Cc1nc2c(-c3ccccc3)nc(N)c(Cl)n2n1.Cc1nc2c(-c3ccccc3)nc(N)cn2n1. The lowest BCUT2D eigenvalue weighted by Crippen LogP contribution is -2.02. The molecule has 0 unspecified atom stereocenters. The van der Waals surface area contributed by atoms with Gasteiger partial charge in [0.15, 0.2) is 22.3 Å². The fraction of sp³-hybridized carbons (Fsp3) is 0.0833. The summed E-state index contributed by atoms with van der Waals surface area (Å²) in [7, 11) is 0. The van der Waals surface area contributed by atoms with Crippen LogP contribution in [0, 0.1) is 13.8 Å². The third-order valence-corrected chi connectivity index (χ3v) is 5.45. The highest BCUT2D eigenvalue weighted by atomic mass is 35.5. The van der Waals surface area contributed by atoms with Crippen LogP contribution in [-0.2, 0) is 0 Å². The van der Waals surface area contributed by atoms with Crippen LogP contribution in [-0.4, -0.2) is 39.2 Å². The molecule has 174 valence electrons. The Hall–Kier alpha value is -4.57. The normalized spacial score (nSPS) is 10.9. The van der Waals surface area contributed by atoms with Crippen LogP contribution in [0.2, 0.25) is 5.15 Å². The summed E-state index contributed by atoms with van der Waals surface area (Å²) in [5, 5.41) is 8.74. The molecule has 6 rings (SSSR count). The maximum Gasteiger partial charge on any atom is 0.183 e. The smallest absolute Gasteiger partial charge is 0.183 e. The molecule has 0 saturated carbocycles. The predicted octanol–water partition coefficient (Wildman–Crippen LogP) is 4.02. The van der Waals surface area contributed by atoms with Crippen molar-refractivity contribution in [3.8, 4) is 22.5 Å². The molecule has 35 heavy (non-hydrogen) atoms. The molecule has 0 amide bonds. The quantitative estimate of drug-likeness (QED) is 0.375. The van der Waals surface area contributed by atoms with Gasteiger partial charge in [-0.3, -0.25) is 0 Å². The molecular formula is C24H21ClN10. The van der Waals surface area contributed by atoms with Gasteiger partial charge in [0.05, 0.1) is 6.20 Å². The number of hydrogen-bond donors (Lipinski definition) is 2. The molecule has 0 fully saturated rings. The second-order valence-electron chi connectivity index (χ2n) is 7.70. The summed E-state index contributed by atoms with van der Waals surface area (Å²) < 4.78 is 3.18. The van der Waals surface area contributed by atoms with Gasteiger partial charge in [0.25, 0.3) is 0 Å². The Kier molecular flexibility index (Phi) is 5.71. The second kappa shape index (κ2) is 8.99. The standard InChI is InChI=1S/C12H10ClN5.C12H11N5/c1-7-15-12-9(8-5-3-2-4-6-8)16-11(14)10(13)18(12)17-7;1-8-14-12-11(9-5-3-2-4-6-9)15-10(13)7-17(12)16-8/h2-6H,14H2,1H3;2-7H,13H2,1H3. The van der Waals surface area contributed by atoms with E-state index in [4.69, 9.17) is 23.1 Å². The Labute approximate surface area is 205 Å². The lowest BCUT2D eigenvalue weighted by molar-refractivity contribution is 0.925. The number of hydrogen-bond acceptors (Lipinski definition) is 8. The molecule has 0 aliphatic rings. The third kappa shape index (κ3) is 4.34. The fourth-order valence-corrected chi connectivity index (χ4v) is 3.78. The van der Waals surface area contributed by atoms with Crippen molar-refractivity contribution in [2.75, 3.05) is 11.5 Å². The van der Waals surface area contributed by atoms with Gasteiger partial charge >= 0.3 is 0 Å². The molecule has 0 bridgehead atoms. The van der Waals surface area contributed by atoms with Crippen LogP contribution in [0.15, 0.2) is 66.9 Å². The lowest BCUT2D eigenvalue weighted by Gasteiger charge is -2.05. The summed E-state index contributed by atoms with van der Waals surface area (Å²) in [6.45, 7) is 3.65. The van der Waals surface area contributed by atoms with Crippen molar-refractivity contribution in [3.05, 3.63) is 83.7 Å². The average Bonchev–Trinajstić information content (AvgIpc) is 3.44. The average molecular weight is 485 g/mol. The number of anilines is 2. The molecule has 0 aliphatic heterocycles. The van der Waals surface area contributed by atoms with Crippen molar-refractivity contribution >= 4 is 34.5 Å². The van der Waals surface area contributed by atoms with Crippen molar-refractivity contribution in [3.63, 3.8) is 0 Å². The highest BCUT2D eigenvalue weighted by molar-refractivity contribution is 6.32. The minimum atomic E-state index is 0.243. The van der Waals surface area contributed by atoms with Gasteiger partial charge < -0.3 is 11.5 Å². The van der Waals surface area contributed by atoms with Crippen LogP contribution in [0.5, 0.6) is 0 Å². The summed E-state index contributed by atoms with van der Waals surface area (Å²) in [5.74, 6) is 2.00. The highest BCUT2D eigenvalue weighted by Crippen LogP contribution is 2.27. The van der Waals surface area contributed by atoms with Crippen LogP contribution in [0.3, 0.4) is 0 Å². The van der Waals surface area contributed by atoms with Gasteiger partial charge in [-0.05, 0) is 13.8 Å². The number of nitrogen functional groups attached to an aromatic ring is 2. The number of benzene rings is 2. The molecule has 0 spiro atoms. The lowest BCUT2D eigenvalue weighted by atomic mass is 10.1. The fourth-order valence-electron chi connectivity index (χ4n) is 3.62. The molecule has 4 heterocycles. The molecule has 6 aromatic rings. The van der Waals surface area contributed by atoms with Crippen molar-refractivity contribution in [1.82, 2.24) is 39.2 Å². The summed E-state index contributed by atoms with van der Waals surface area (Å²) in [6.07, 6.45) is 1.67. The first-order valence-electron chi connectivity index (χ1n) is 10.7. The van der Waals surface area contributed by atoms with E-state index in [0.717, 1.165) is 22.5 Å². The molecule has 4 N–H and O–H groups in total. The van der Waals surface area contributed by atoms with E-state index in [1.165, 1.54) is 4.52 Å². The second-order valence-corrected chi connectivity index (χ2v) is 8.06. The molecule has 0 saturated heterocycles. The Morgan fingerprint density at radius 3 is 1.86 bits per heavy atom. The number of halogens is 1. The first kappa shape index (κ1) is 22.2. The summed E-state index contributed by atoms with van der Waals surface area (Å²) in [5.41, 5.74) is 16.3. The van der Waals surface area contributed by atoms with E-state index >= 15 is 0 Å². The van der Waals surface area contributed by atoms with Gasteiger partial charge in [-0.2, -0.15) is 9.61 Å². The molecule has 10 nitrogen and oxygen atoms in total. The Balaban J connectivity index is 0.000000145. The first-order valence-corrected chi connectivity index (χ1v) is 11.1. The van der Waals surface area contributed by atoms with Crippen molar-refractivity contribution in [1.29, 1.82) is 0 Å². The van der Waals surface area contributed by atoms with E-state index in [1.54, 1.807) is 17.6 Å². The number of nitrogens with zero attached hydrogens (tertiary/aromatic N) is 8. The van der Waals surface area contributed by atoms with Gasteiger partial charge in [0.2, 0.25) is 0 Å². The maximum absolute atomic E-state index is 6.07. The van der Waals surface area contributed by atoms with Crippen molar-refractivity contribution < 1.29 is 0 Å². The molecule has 0 atom stereocenters. The zero-order valence-corrected chi connectivity index (χ0v) is 19.7. The Morgan fingerprint density at radius 1 is 0.686 bits per heavy atom. The van der Waals surface area contributed by atoms with Crippen molar-refractivity contribution in [2.45, 2.75) is 13.8 Å². The van der Waals surface area contributed by atoms with Crippen LogP contribution >= 0.6 is 11.6 Å². The number of aromatic nitrogens is 8. The van der Waals surface area contributed by atoms with Crippen LogP contribution in [0.25, 0.3) is 33.8 Å².